The van der Waals surface area contributed by atoms with Crippen molar-refractivity contribution in [3.8, 4) is 0 Å². The first kappa shape index (κ1) is 17.0. The van der Waals surface area contributed by atoms with E-state index in [2.05, 4.69) is 5.32 Å². The van der Waals surface area contributed by atoms with Crippen LogP contribution in [0.2, 0.25) is 0 Å². The Balaban J connectivity index is 2.12. The summed E-state index contributed by atoms with van der Waals surface area (Å²) in [5.41, 5.74) is 0.743. The van der Waals surface area contributed by atoms with Crippen molar-refractivity contribution < 1.29 is 27.5 Å². The minimum atomic E-state index is -3.46. The second-order valence-electron chi connectivity index (χ2n) is 5.67. The van der Waals surface area contributed by atoms with Crippen LogP contribution in [-0.2, 0) is 14.6 Å². The lowest BCUT2D eigenvalue weighted by atomic mass is 10.2. The van der Waals surface area contributed by atoms with E-state index >= 15 is 0 Å². The molecule has 1 heterocycles. The minimum Gasteiger partial charge on any atom is -0.475 e. The smallest absolute Gasteiger partial charge is 0.371 e. The van der Waals surface area contributed by atoms with Gasteiger partial charge < -0.3 is 14.8 Å². The van der Waals surface area contributed by atoms with Gasteiger partial charge in [-0.15, -0.1) is 0 Å². The number of fused-ring (bicyclic) bond motifs is 1. The zero-order valence-corrected chi connectivity index (χ0v) is 13.5. The zero-order chi connectivity index (χ0) is 17.2. The van der Waals surface area contributed by atoms with Gasteiger partial charge in [-0.2, -0.15) is 0 Å². The van der Waals surface area contributed by atoms with E-state index in [1.165, 1.54) is 24.3 Å². The molecular weight excluding hydrogens is 322 g/mol. The monoisotopic (exact) mass is 339 g/mol. The van der Waals surface area contributed by atoms with Gasteiger partial charge in [0.1, 0.15) is 11.3 Å². The number of amides is 1. The van der Waals surface area contributed by atoms with Gasteiger partial charge in [0, 0.05) is 11.1 Å². The molecule has 124 valence electrons. The third-order valence-electron chi connectivity index (χ3n) is 2.95. The van der Waals surface area contributed by atoms with E-state index in [1.54, 1.807) is 13.8 Å². The van der Waals surface area contributed by atoms with Crippen LogP contribution in [0, 0.1) is 5.92 Å². The third-order valence-corrected chi connectivity index (χ3v) is 4.83. The van der Waals surface area contributed by atoms with Gasteiger partial charge in [0.15, 0.2) is 9.84 Å². The maximum Gasteiger partial charge on any atom is 0.371 e. The highest BCUT2D eigenvalue weighted by molar-refractivity contribution is 7.92. The number of carboxylic acid groups (broad SMARTS) is 1. The fraction of sp³-hybridized carbons (Fsp3) is 0.333. The fourth-order valence-electron chi connectivity index (χ4n) is 2.19. The molecule has 0 unspecified atom stereocenters. The second kappa shape index (κ2) is 6.41. The molecular formula is C15H17NO6S. The summed E-state index contributed by atoms with van der Waals surface area (Å²) < 4.78 is 28.7. The van der Waals surface area contributed by atoms with Crippen LogP contribution in [0.3, 0.4) is 0 Å². The summed E-state index contributed by atoms with van der Waals surface area (Å²) >= 11 is 0. The van der Waals surface area contributed by atoms with Gasteiger partial charge in [-0.05, 0) is 30.2 Å². The van der Waals surface area contributed by atoms with Crippen molar-refractivity contribution in [1.82, 2.24) is 0 Å². The highest BCUT2D eigenvalue weighted by Crippen LogP contribution is 2.23. The van der Waals surface area contributed by atoms with Gasteiger partial charge >= 0.3 is 5.97 Å². The summed E-state index contributed by atoms with van der Waals surface area (Å²) in [6.45, 7) is 3.53. The van der Waals surface area contributed by atoms with Crippen molar-refractivity contribution in [3.63, 3.8) is 0 Å². The number of carbonyl (C=O) groups excluding carboxylic acids is 1. The topological polar surface area (TPSA) is 114 Å². The fourth-order valence-corrected chi connectivity index (χ4v) is 3.80. The largest absolute Gasteiger partial charge is 0.475 e. The molecule has 7 nitrogen and oxygen atoms in total. The SMILES string of the molecule is CC(C)CS(=O)(=O)CC(=O)Nc1ccc2oc(C(=O)O)cc2c1. The van der Waals surface area contributed by atoms with E-state index in [4.69, 9.17) is 9.52 Å². The van der Waals surface area contributed by atoms with E-state index in [0.717, 1.165) is 0 Å². The average Bonchev–Trinajstić information content (AvgIpc) is 2.79. The molecule has 8 heteroatoms. The van der Waals surface area contributed by atoms with E-state index in [9.17, 15) is 18.0 Å². The quantitative estimate of drug-likeness (QED) is 0.833. The molecule has 0 aliphatic rings. The molecule has 0 aliphatic carbocycles. The molecule has 23 heavy (non-hydrogen) atoms. The second-order valence-corrected chi connectivity index (χ2v) is 7.77. The van der Waals surface area contributed by atoms with Crippen molar-refractivity contribution in [2.75, 3.05) is 16.8 Å². The molecule has 0 spiro atoms. The van der Waals surface area contributed by atoms with Crippen LogP contribution >= 0.6 is 0 Å². The Bertz CT molecular complexity index is 850. The highest BCUT2D eigenvalue weighted by atomic mass is 32.2. The lowest BCUT2D eigenvalue weighted by Gasteiger charge is -2.08. The Morgan fingerprint density at radius 1 is 1.26 bits per heavy atom. The van der Waals surface area contributed by atoms with Gasteiger partial charge in [0.25, 0.3) is 0 Å². The number of carbonyl (C=O) groups is 2. The lowest BCUT2D eigenvalue weighted by Crippen LogP contribution is -2.26. The summed E-state index contributed by atoms with van der Waals surface area (Å²) in [5, 5.41) is 11.9. The molecule has 1 aromatic carbocycles. The number of nitrogens with one attached hydrogen (secondary N) is 1. The van der Waals surface area contributed by atoms with Crippen molar-refractivity contribution in [1.29, 1.82) is 0 Å². The maximum absolute atomic E-state index is 11.9. The average molecular weight is 339 g/mol. The van der Waals surface area contributed by atoms with Crippen LogP contribution in [0.5, 0.6) is 0 Å². The summed E-state index contributed by atoms with van der Waals surface area (Å²) in [6.07, 6.45) is 0. The standard InChI is InChI=1S/C15H17NO6S/c1-9(2)7-23(20,21)8-14(17)16-11-3-4-12-10(5-11)6-13(22-12)15(18)19/h3-6,9H,7-8H2,1-2H3,(H,16,17)(H,18,19). The molecule has 1 aromatic heterocycles. The molecule has 2 aromatic rings. The van der Waals surface area contributed by atoms with Crippen LogP contribution < -0.4 is 5.32 Å². The van der Waals surface area contributed by atoms with Crippen molar-refractivity contribution in [3.05, 3.63) is 30.0 Å². The lowest BCUT2D eigenvalue weighted by molar-refractivity contribution is -0.113. The normalized spacial score (nSPS) is 11.8. The number of aromatic carboxylic acids is 1. The van der Waals surface area contributed by atoms with Crippen LogP contribution in [-0.4, -0.2) is 36.9 Å². The summed E-state index contributed by atoms with van der Waals surface area (Å²) in [4.78, 5) is 22.7. The van der Waals surface area contributed by atoms with Crippen LogP contribution in [0.25, 0.3) is 11.0 Å². The van der Waals surface area contributed by atoms with E-state index in [0.29, 0.717) is 16.7 Å². The molecule has 2 N–H and O–H groups in total. The maximum atomic E-state index is 11.9. The zero-order valence-electron chi connectivity index (χ0n) is 12.7. The van der Waals surface area contributed by atoms with Crippen molar-refractivity contribution in [2.24, 2.45) is 5.92 Å². The van der Waals surface area contributed by atoms with Gasteiger partial charge in [-0.3, -0.25) is 4.79 Å². The van der Waals surface area contributed by atoms with Crippen LogP contribution in [0.15, 0.2) is 28.7 Å². The number of hydrogen-bond acceptors (Lipinski definition) is 5. The van der Waals surface area contributed by atoms with Crippen LogP contribution in [0.1, 0.15) is 24.4 Å². The van der Waals surface area contributed by atoms with Gasteiger partial charge in [0.2, 0.25) is 11.7 Å². The Morgan fingerprint density at radius 2 is 1.96 bits per heavy atom. The van der Waals surface area contributed by atoms with Crippen molar-refractivity contribution in [2.45, 2.75) is 13.8 Å². The Kier molecular flexibility index (Phi) is 4.74. The van der Waals surface area contributed by atoms with E-state index in [-0.39, 0.29) is 17.4 Å². The predicted octanol–water partition coefficient (Wildman–Crippen LogP) is 2.14. The molecule has 2 rings (SSSR count). The molecule has 0 saturated carbocycles. The van der Waals surface area contributed by atoms with Gasteiger partial charge in [-0.1, -0.05) is 13.8 Å². The number of hydrogen-bond donors (Lipinski definition) is 2. The van der Waals surface area contributed by atoms with E-state index in [1.807, 2.05) is 0 Å². The Labute approximate surface area is 133 Å². The predicted molar refractivity (Wildman–Crippen MR) is 85.3 cm³/mol. The summed E-state index contributed by atoms with van der Waals surface area (Å²) in [6, 6.07) is 5.89. The summed E-state index contributed by atoms with van der Waals surface area (Å²) in [7, 11) is -3.46. The molecule has 0 aliphatic heterocycles. The first-order chi connectivity index (χ1) is 10.7. The van der Waals surface area contributed by atoms with Gasteiger partial charge in [-0.25, -0.2) is 13.2 Å². The Morgan fingerprint density at radius 3 is 2.57 bits per heavy atom. The molecule has 0 radical (unpaired) electrons. The van der Waals surface area contributed by atoms with E-state index < -0.39 is 27.5 Å². The first-order valence-corrected chi connectivity index (χ1v) is 8.75. The number of carboxylic acids is 1. The molecule has 0 atom stereocenters. The molecule has 0 saturated heterocycles. The third kappa shape index (κ3) is 4.56. The van der Waals surface area contributed by atoms with Crippen molar-refractivity contribution >= 4 is 38.4 Å². The number of furan rings is 1. The first-order valence-electron chi connectivity index (χ1n) is 6.93. The number of benzene rings is 1. The number of rotatable bonds is 6. The minimum absolute atomic E-state index is 0.0514. The molecule has 0 bridgehead atoms. The number of sulfone groups is 1. The molecule has 1 amide bonds. The number of anilines is 1. The van der Waals surface area contributed by atoms with Gasteiger partial charge in [0.05, 0.1) is 5.75 Å². The summed E-state index contributed by atoms with van der Waals surface area (Å²) in [5.74, 6) is -2.72. The Hall–Kier alpha value is -2.35. The highest BCUT2D eigenvalue weighted by Gasteiger charge is 2.18. The van der Waals surface area contributed by atoms with Crippen LogP contribution in [0.4, 0.5) is 5.69 Å². The molecule has 0 fully saturated rings.